The first-order chi connectivity index (χ1) is 18.8. The predicted octanol–water partition coefficient (Wildman–Crippen LogP) is 6.05. The molecule has 8 nitrogen and oxygen atoms in total. The van der Waals surface area contributed by atoms with Crippen LogP contribution in [0, 0.1) is 6.92 Å². The Hall–Kier alpha value is -4.33. The van der Waals surface area contributed by atoms with Crippen LogP contribution < -0.4 is 24.4 Å². The maximum atomic E-state index is 12.6. The molecule has 0 aromatic heterocycles. The number of ether oxygens (including phenoxy) is 4. The minimum atomic E-state index is -0.517. The van der Waals surface area contributed by atoms with Crippen molar-refractivity contribution in [3.8, 4) is 23.0 Å². The normalized spacial score (nSPS) is 10.9. The van der Waals surface area contributed by atoms with Crippen molar-refractivity contribution in [1.82, 2.24) is 5.43 Å². The van der Waals surface area contributed by atoms with Gasteiger partial charge in [0.15, 0.2) is 18.1 Å². The molecule has 0 saturated carbocycles. The molecule has 39 heavy (non-hydrogen) atoms. The number of esters is 1. The summed E-state index contributed by atoms with van der Waals surface area (Å²) in [4.78, 5) is 24.8. The fraction of sp³-hybridized carbons (Fsp3) is 0.323. The molecule has 0 fully saturated rings. The smallest absolute Gasteiger partial charge is 0.343 e. The molecule has 8 heteroatoms. The third-order valence-electron chi connectivity index (χ3n) is 5.89. The van der Waals surface area contributed by atoms with Crippen molar-refractivity contribution < 1.29 is 28.5 Å². The van der Waals surface area contributed by atoms with Gasteiger partial charge in [-0.3, -0.25) is 4.79 Å². The second kappa shape index (κ2) is 14.6. The van der Waals surface area contributed by atoms with E-state index in [1.807, 2.05) is 19.1 Å². The van der Waals surface area contributed by atoms with Gasteiger partial charge < -0.3 is 18.9 Å². The number of hydrazone groups is 1. The van der Waals surface area contributed by atoms with E-state index in [2.05, 4.69) is 37.4 Å². The summed E-state index contributed by atoms with van der Waals surface area (Å²) in [5.74, 6) is 1.44. The molecule has 3 aromatic rings. The maximum Gasteiger partial charge on any atom is 0.343 e. The van der Waals surface area contributed by atoms with Gasteiger partial charge in [-0.25, -0.2) is 10.2 Å². The number of carbonyl (C=O) groups excluding carboxylic acids is 2. The van der Waals surface area contributed by atoms with Crippen LogP contribution in [0.1, 0.15) is 66.6 Å². The van der Waals surface area contributed by atoms with Crippen molar-refractivity contribution in [3.05, 3.63) is 82.9 Å². The van der Waals surface area contributed by atoms with Gasteiger partial charge in [-0.15, -0.1) is 0 Å². The fourth-order valence-corrected chi connectivity index (χ4v) is 3.51. The quantitative estimate of drug-likeness (QED) is 0.0946. The molecule has 3 aromatic carbocycles. The predicted molar refractivity (Wildman–Crippen MR) is 151 cm³/mol. The Morgan fingerprint density at radius 3 is 2.41 bits per heavy atom. The molecule has 0 atom stereocenters. The van der Waals surface area contributed by atoms with Crippen LogP contribution in [0.5, 0.6) is 23.0 Å². The SMILES string of the molecule is CCCCOc1ccc(C(=O)Oc2ccc(C=NNC(=O)COc3cc(C(C)C)ccc3C)cc2OC)cc1. The highest BCUT2D eigenvalue weighted by Crippen LogP contribution is 2.29. The number of hydrogen-bond acceptors (Lipinski definition) is 7. The first-order valence-corrected chi connectivity index (χ1v) is 13.0. The lowest BCUT2D eigenvalue weighted by Gasteiger charge is -2.12. The molecule has 1 N–H and O–H groups in total. The van der Waals surface area contributed by atoms with Crippen LogP contribution in [0.15, 0.2) is 65.8 Å². The van der Waals surface area contributed by atoms with Crippen molar-refractivity contribution in [3.63, 3.8) is 0 Å². The van der Waals surface area contributed by atoms with E-state index in [0.717, 1.165) is 24.0 Å². The zero-order valence-corrected chi connectivity index (χ0v) is 23.2. The Balaban J connectivity index is 1.54. The van der Waals surface area contributed by atoms with Crippen molar-refractivity contribution in [2.24, 2.45) is 5.10 Å². The summed E-state index contributed by atoms with van der Waals surface area (Å²) in [5.41, 5.74) is 5.58. The Morgan fingerprint density at radius 1 is 0.949 bits per heavy atom. The van der Waals surface area contributed by atoms with Gasteiger partial charge in [0.05, 0.1) is 25.5 Å². The highest BCUT2D eigenvalue weighted by Gasteiger charge is 2.13. The Kier molecular flexibility index (Phi) is 10.9. The molecule has 0 bridgehead atoms. The van der Waals surface area contributed by atoms with E-state index in [1.54, 1.807) is 42.5 Å². The molecule has 0 heterocycles. The van der Waals surface area contributed by atoms with Crippen LogP contribution >= 0.6 is 0 Å². The van der Waals surface area contributed by atoms with E-state index in [9.17, 15) is 9.59 Å². The molecule has 0 aliphatic carbocycles. The van der Waals surface area contributed by atoms with Crippen molar-refractivity contribution >= 4 is 18.1 Å². The average Bonchev–Trinajstić information content (AvgIpc) is 2.93. The number of nitrogens with zero attached hydrogens (tertiary/aromatic N) is 1. The van der Waals surface area contributed by atoms with Crippen LogP contribution in [-0.2, 0) is 4.79 Å². The molecule has 206 valence electrons. The number of carbonyl (C=O) groups is 2. The highest BCUT2D eigenvalue weighted by atomic mass is 16.6. The number of benzene rings is 3. The number of unbranched alkanes of at least 4 members (excludes halogenated alkanes) is 1. The van der Waals surface area contributed by atoms with Crippen LogP contribution in [0.25, 0.3) is 0 Å². The van der Waals surface area contributed by atoms with Gasteiger partial charge in [0.1, 0.15) is 11.5 Å². The maximum absolute atomic E-state index is 12.6. The molecule has 0 saturated heterocycles. The Bertz CT molecular complexity index is 1280. The second-order valence-electron chi connectivity index (χ2n) is 9.29. The number of aryl methyl sites for hydroxylation is 1. The summed E-state index contributed by atoms with van der Waals surface area (Å²) >= 11 is 0. The van der Waals surface area contributed by atoms with Crippen LogP contribution in [-0.4, -0.2) is 38.4 Å². The minimum Gasteiger partial charge on any atom is -0.494 e. The molecule has 1 amide bonds. The molecule has 0 aliphatic heterocycles. The molecular weight excluding hydrogens is 496 g/mol. The standard InChI is InChI=1S/C31H36N2O6/c1-6-7-16-37-26-13-11-24(12-14-26)31(35)39-27-15-9-23(17-29(27)36-5)19-32-33-30(34)20-38-28-18-25(21(2)3)10-8-22(28)4/h8-15,17-19,21H,6-7,16,20H2,1-5H3,(H,33,34). The molecule has 0 unspecified atom stereocenters. The molecule has 0 aliphatic rings. The van der Waals surface area contributed by atoms with Crippen molar-refractivity contribution in [2.75, 3.05) is 20.3 Å². The zero-order valence-electron chi connectivity index (χ0n) is 23.2. The van der Waals surface area contributed by atoms with E-state index < -0.39 is 5.97 Å². The number of rotatable bonds is 13. The monoisotopic (exact) mass is 532 g/mol. The number of amides is 1. The minimum absolute atomic E-state index is 0.163. The van der Waals surface area contributed by atoms with Gasteiger partial charge in [-0.1, -0.05) is 39.3 Å². The summed E-state index contributed by atoms with van der Waals surface area (Å²) < 4.78 is 22.2. The molecular formula is C31H36N2O6. The largest absolute Gasteiger partial charge is 0.494 e. The average molecular weight is 533 g/mol. The lowest BCUT2D eigenvalue weighted by Crippen LogP contribution is -2.24. The van der Waals surface area contributed by atoms with Crippen LogP contribution in [0.3, 0.4) is 0 Å². The summed E-state index contributed by atoms with van der Waals surface area (Å²) in [6.07, 6.45) is 3.49. The third kappa shape index (κ3) is 8.88. The first-order valence-electron chi connectivity index (χ1n) is 13.0. The summed E-state index contributed by atoms with van der Waals surface area (Å²) in [6, 6.07) is 17.7. The summed E-state index contributed by atoms with van der Waals surface area (Å²) in [6.45, 7) is 8.71. The Morgan fingerprint density at radius 2 is 1.72 bits per heavy atom. The van der Waals surface area contributed by atoms with E-state index in [0.29, 0.717) is 40.9 Å². The van der Waals surface area contributed by atoms with E-state index >= 15 is 0 Å². The summed E-state index contributed by atoms with van der Waals surface area (Å²) in [7, 11) is 1.48. The van der Waals surface area contributed by atoms with Gasteiger partial charge in [0, 0.05) is 0 Å². The van der Waals surface area contributed by atoms with Gasteiger partial charge in [-0.2, -0.15) is 5.10 Å². The van der Waals surface area contributed by atoms with E-state index in [-0.39, 0.29) is 18.3 Å². The Labute approximate surface area is 229 Å². The third-order valence-corrected chi connectivity index (χ3v) is 5.89. The van der Waals surface area contributed by atoms with Gasteiger partial charge in [0.25, 0.3) is 5.91 Å². The lowest BCUT2D eigenvalue weighted by atomic mass is 10.0. The number of hydrogen-bond donors (Lipinski definition) is 1. The number of methoxy groups -OCH3 is 1. The summed E-state index contributed by atoms with van der Waals surface area (Å²) in [5, 5.41) is 3.99. The van der Waals surface area contributed by atoms with Crippen LogP contribution in [0.4, 0.5) is 0 Å². The van der Waals surface area contributed by atoms with Crippen molar-refractivity contribution in [1.29, 1.82) is 0 Å². The van der Waals surface area contributed by atoms with Crippen molar-refractivity contribution in [2.45, 2.75) is 46.5 Å². The second-order valence-corrected chi connectivity index (χ2v) is 9.29. The zero-order chi connectivity index (χ0) is 28.2. The topological polar surface area (TPSA) is 95.5 Å². The molecule has 0 spiro atoms. The lowest BCUT2D eigenvalue weighted by molar-refractivity contribution is -0.123. The molecule has 0 radical (unpaired) electrons. The van der Waals surface area contributed by atoms with Gasteiger partial charge in [-0.05, 0) is 84.5 Å². The van der Waals surface area contributed by atoms with Gasteiger partial charge in [0.2, 0.25) is 0 Å². The van der Waals surface area contributed by atoms with E-state index in [4.69, 9.17) is 18.9 Å². The van der Waals surface area contributed by atoms with Gasteiger partial charge >= 0.3 is 5.97 Å². The van der Waals surface area contributed by atoms with E-state index in [1.165, 1.54) is 13.3 Å². The highest BCUT2D eigenvalue weighted by molar-refractivity contribution is 5.92. The first kappa shape index (κ1) is 29.2. The number of nitrogens with one attached hydrogen (secondary N) is 1. The molecule has 3 rings (SSSR count). The fourth-order valence-electron chi connectivity index (χ4n) is 3.51. The van der Waals surface area contributed by atoms with Crippen LogP contribution in [0.2, 0.25) is 0 Å².